The van der Waals surface area contributed by atoms with Gasteiger partial charge in [0.25, 0.3) is 5.56 Å². The van der Waals surface area contributed by atoms with Crippen molar-refractivity contribution in [1.29, 1.82) is 0 Å². The van der Waals surface area contributed by atoms with Crippen LogP contribution in [-0.4, -0.2) is 31.9 Å². The lowest BCUT2D eigenvalue weighted by atomic mass is 10.2. The van der Waals surface area contributed by atoms with E-state index < -0.39 is 0 Å². The topological polar surface area (TPSA) is 71.0 Å². The highest BCUT2D eigenvalue weighted by atomic mass is 16.2. The molecule has 0 aliphatic carbocycles. The predicted molar refractivity (Wildman–Crippen MR) is 90.5 cm³/mol. The second-order valence-corrected chi connectivity index (χ2v) is 6.05. The van der Waals surface area contributed by atoms with Crippen LogP contribution in [0.2, 0.25) is 0 Å². The van der Waals surface area contributed by atoms with Gasteiger partial charge in [0.1, 0.15) is 12.4 Å². The zero-order valence-electron chi connectivity index (χ0n) is 13.2. The van der Waals surface area contributed by atoms with E-state index in [1.54, 1.807) is 18.3 Å². The number of H-pyrrole nitrogens is 1. The molecule has 0 unspecified atom stereocenters. The van der Waals surface area contributed by atoms with Gasteiger partial charge in [-0.3, -0.25) is 9.59 Å². The Labute approximate surface area is 138 Å². The molecule has 1 aliphatic heterocycles. The standard InChI is InChI=1S/C18H18N4O2/c23-16-9-3-4-10-21(16)12-17(24)22-11-5-8-15(22)18-19-13-6-1-2-7-14(13)20-18/h1-4,6-7,9-10,15H,5,8,11-12H2,(H,19,20)/t15-/m1/s1. The first kappa shape index (κ1) is 14.7. The van der Waals surface area contributed by atoms with Crippen molar-refractivity contribution in [3.05, 3.63) is 64.8 Å². The van der Waals surface area contributed by atoms with Crippen molar-refractivity contribution in [2.75, 3.05) is 6.54 Å². The molecular formula is C18H18N4O2. The Balaban J connectivity index is 1.59. The van der Waals surface area contributed by atoms with Crippen molar-refractivity contribution in [3.63, 3.8) is 0 Å². The molecule has 6 heteroatoms. The Kier molecular flexibility index (Phi) is 3.65. The van der Waals surface area contributed by atoms with Crippen LogP contribution in [0.5, 0.6) is 0 Å². The lowest BCUT2D eigenvalue weighted by molar-refractivity contribution is -0.133. The Morgan fingerprint density at radius 1 is 1.21 bits per heavy atom. The maximum Gasteiger partial charge on any atom is 0.250 e. The number of imidazole rings is 1. The summed E-state index contributed by atoms with van der Waals surface area (Å²) in [5.74, 6) is 0.772. The van der Waals surface area contributed by atoms with Gasteiger partial charge in [0, 0.05) is 18.8 Å². The van der Waals surface area contributed by atoms with Gasteiger partial charge < -0.3 is 14.5 Å². The van der Waals surface area contributed by atoms with Gasteiger partial charge in [-0.1, -0.05) is 18.2 Å². The van der Waals surface area contributed by atoms with Gasteiger partial charge in [-0.25, -0.2) is 4.98 Å². The zero-order valence-corrected chi connectivity index (χ0v) is 13.2. The van der Waals surface area contributed by atoms with Crippen LogP contribution in [-0.2, 0) is 11.3 Å². The second kappa shape index (κ2) is 5.96. The first-order valence-corrected chi connectivity index (χ1v) is 8.12. The van der Waals surface area contributed by atoms with Crippen molar-refractivity contribution in [2.24, 2.45) is 0 Å². The van der Waals surface area contributed by atoms with Crippen molar-refractivity contribution >= 4 is 16.9 Å². The van der Waals surface area contributed by atoms with E-state index in [2.05, 4.69) is 9.97 Å². The fourth-order valence-corrected chi connectivity index (χ4v) is 3.31. The first-order valence-electron chi connectivity index (χ1n) is 8.12. The normalized spacial score (nSPS) is 17.5. The quantitative estimate of drug-likeness (QED) is 0.802. The van der Waals surface area contributed by atoms with Crippen LogP contribution in [0.25, 0.3) is 11.0 Å². The molecule has 1 aliphatic rings. The average Bonchev–Trinajstić information content (AvgIpc) is 3.23. The van der Waals surface area contributed by atoms with Crippen LogP contribution >= 0.6 is 0 Å². The summed E-state index contributed by atoms with van der Waals surface area (Å²) in [5.41, 5.74) is 1.72. The molecule has 1 aromatic carbocycles. The number of aromatic nitrogens is 3. The molecule has 3 heterocycles. The van der Waals surface area contributed by atoms with E-state index in [1.165, 1.54) is 10.6 Å². The lowest BCUT2D eigenvalue weighted by Gasteiger charge is -2.23. The molecule has 1 amide bonds. The smallest absolute Gasteiger partial charge is 0.250 e. The van der Waals surface area contributed by atoms with Gasteiger partial charge >= 0.3 is 0 Å². The van der Waals surface area contributed by atoms with E-state index in [1.807, 2.05) is 29.2 Å². The van der Waals surface area contributed by atoms with Crippen molar-refractivity contribution in [2.45, 2.75) is 25.4 Å². The van der Waals surface area contributed by atoms with Crippen LogP contribution in [0, 0.1) is 0 Å². The summed E-state index contributed by atoms with van der Waals surface area (Å²) < 4.78 is 1.44. The summed E-state index contributed by atoms with van der Waals surface area (Å²) in [6, 6.07) is 12.7. The minimum atomic E-state index is -0.162. The maximum absolute atomic E-state index is 12.7. The van der Waals surface area contributed by atoms with E-state index in [9.17, 15) is 9.59 Å². The number of nitrogens with one attached hydrogen (secondary N) is 1. The molecule has 6 nitrogen and oxygen atoms in total. The number of rotatable bonds is 3. The van der Waals surface area contributed by atoms with Crippen molar-refractivity contribution < 1.29 is 4.79 Å². The third-order valence-corrected chi connectivity index (χ3v) is 4.50. The van der Waals surface area contributed by atoms with Crippen molar-refractivity contribution in [1.82, 2.24) is 19.4 Å². The van der Waals surface area contributed by atoms with Gasteiger partial charge in [-0.15, -0.1) is 0 Å². The summed E-state index contributed by atoms with van der Waals surface area (Å²) in [6.07, 6.45) is 3.47. The van der Waals surface area contributed by atoms with Gasteiger partial charge in [0.15, 0.2) is 0 Å². The fraction of sp³-hybridized carbons (Fsp3) is 0.278. The number of carbonyl (C=O) groups is 1. The van der Waals surface area contributed by atoms with Crippen LogP contribution in [0.4, 0.5) is 0 Å². The molecule has 4 rings (SSSR count). The second-order valence-electron chi connectivity index (χ2n) is 6.05. The maximum atomic E-state index is 12.7. The van der Waals surface area contributed by atoms with E-state index in [-0.39, 0.29) is 24.1 Å². The molecule has 3 aromatic rings. The van der Waals surface area contributed by atoms with Gasteiger partial charge in [-0.05, 0) is 31.0 Å². The number of hydrogen-bond acceptors (Lipinski definition) is 3. The number of likely N-dealkylation sites (tertiary alicyclic amines) is 1. The summed E-state index contributed by atoms with van der Waals surface area (Å²) in [6.45, 7) is 0.762. The van der Waals surface area contributed by atoms with Gasteiger partial charge in [0.2, 0.25) is 5.91 Å². The largest absolute Gasteiger partial charge is 0.340 e. The highest BCUT2D eigenvalue weighted by molar-refractivity contribution is 5.78. The third kappa shape index (κ3) is 2.60. The molecule has 0 spiro atoms. The molecule has 1 fully saturated rings. The average molecular weight is 322 g/mol. The number of hydrogen-bond donors (Lipinski definition) is 1. The fourth-order valence-electron chi connectivity index (χ4n) is 3.31. The van der Waals surface area contributed by atoms with Gasteiger partial charge in [0.05, 0.1) is 17.1 Å². The highest BCUT2D eigenvalue weighted by Crippen LogP contribution is 2.31. The number of para-hydroxylation sites is 2. The number of carbonyl (C=O) groups excluding carboxylic acids is 1. The van der Waals surface area contributed by atoms with E-state index in [0.29, 0.717) is 6.54 Å². The molecular weight excluding hydrogens is 304 g/mol. The summed E-state index contributed by atoms with van der Waals surface area (Å²) >= 11 is 0. The number of aromatic amines is 1. The lowest BCUT2D eigenvalue weighted by Crippen LogP contribution is -2.36. The van der Waals surface area contributed by atoms with E-state index in [4.69, 9.17) is 0 Å². The van der Waals surface area contributed by atoms with Crippen LogP contribution < -0.4 is 5.56 Å². The van der Waals surface area contributed by atoms with Crippen molar-refractivity contribution in [3.8, 4) is 0 Å². The Bertz CT molecular complexity index is 910. The Morgan fingerprint density at radius 3 is 2.88 bits per heavy atom. The number of amides is 1. The number of pyridine rings is 1. The van der Waals surface area contributed by atoms with Gasteiger partial charge in [-0.2, -0.15) is 0 Å². The molecule has 122 valence electrons. The molecule has 1 atom stereocenters. The van der Waals surface area contributed by atoms with Crippen LogP contribution in [0.1, 0.15) is 24.7 Å². The molecule has 0 saturated carbocycles. The molecule has 1 saturated heterocycles. The number of fused-ring (bicyclic) bond motifs is 1. The minimum absolute atomic E-state index is 0.0498. The zero-order chi connectivity index (χ0) is 16.5. The molecule has 24 heavy (non-hydrogen) atoms. The Hall–Kier alpha value is -2.89. The summed E-state index contributed by atoms with van der Waals surface area (Å²) in [4.78, 5) is 34.3. The minimum Gasteiger partial charge on any atom is -0.340 e. The summed E-state index contributed by atoms with van der Waals surface area (Å²) in [7, 11) is 0. The van der Waals surface area contributed by atoms with Crippen LogP contribution in [0.3, 0.4) is 0 Å². The van der Waals surface area contributed by atoms with Crippen LogP contribution in [0.15, 0.2) is 53.5 Å². The highest BCUT2D eigenvalue weighted by Gasteiger charge is 2.32. The van der Waals surface area contributed by atoms with E-state index in [0.717, 1.165) is 29.7 Å². The monoisotopic (exact) mass is 322 g/mol. The molecule has 1 N–H and O–H groups in total. The molecule has 0 radical (unpaired) electrons. The molecule has 2 aromatic heterocycles. The predicted octanol–water partition coefficient (Wildman–Crippen LogP) is 2.09. The third-order valence-electron chi connectivity index (χ3n) is 4.50. The first-order chi connectivity index (χ1) is 11.7. The Morgan fingerprint density at radius 2 is 2.04 bits per heavy atom. The van der Waals surface area contributed by atoms with E-state index >= 15 is 0 Å². The number of benzene rings is 1. The summed E-state index contributed by atoms with van der Waals surface area (Å²) in [5, 5.41) is 0. The SMILES string of the molecule is O=C(Cn1ccccc1=O)N1CCC[C@@H]1c1nc2ccccc2[nH]1. The number of nitrogens with zero attached hydrogens (tertiary/aromatic N) is 3. The molecule has 0 bridgehead atoms.